The van der Waals surface area contributed by atoms with E-state index < -0.39 is 11.7 Å². The van der Waals surface area contributed by atoms with Crippen molar-refractivity contribution in [3.63, 3.8) is 0 Å². The summed E-state index contributed by atoms with van der Waals surface area (Å²) in [5.74, 6) is -0.329. The number of rotatable bonds is 5. The highest BCUT2D eigenvalue weighted by Gasteiger charge is 2.30. The zero-order chi connectivity index (χ0) is 19.3. The van der Waals surface area contributed by atoms with Gasteiger partial charge in [-0.2, -0.15) is 13.2 Å². The monoisotopic (exact) mass is 371 g/mol. The van der Waals surface area contributed by atoms with E-state index in [4.69, 9.17) is 0 Å². The van der Waals surface area contributed by atoms with Crippen LogP contribution in [0.15, 0.2) is 72.9 Å². The van der Waals surface area contributed by atoms with Gasteiger partial charge in [0.25, 0.3) is 5.91 Å². The van der Waals surface area contributed by atoms with Crippen LogP contribution in [0.1, 0.15) is 21.6 Å². The van der Waals surface area contributed by atoms with Crippen LogP contribution in [0.5, 0.6) is 0 Å². The van der Waals surface area contributed by atoms with Gasteiger partial charge in [0.05, 0.1) is 17.4 Å². The second kappa shape index (κ2) is 7.90. The van der Waals surface area contributed by atoms with Crippen LogP contribution in [0, 0.1) is 0 Å². The van der Waals surface area contributed by atoms with Crippen LogP contribution in [-0.2, 0) is 12.7 Å². The number of benzene rings is 2. The molecule has 0 unspecified atom stereocenters. The fourth-order valence-corrected chi connectivity index (χ4v) is 2.41. The molecule has 7 heteroatoms. The van der Waals surface area contributed by atoms with Crippen LogP contribution in [-0.4, -0.2) is 10.9 Å². The molecule has 1 aromatic heterocycles. The van der Waals surface area contributed by atoms with Crippen molar-refractivity contribution in [2.24, 2.45) is 0 Å². The lowest BCUT2D eigenvalue weighted by molar-refractivity contribution is -0.137. The van der Waals surface area contributed by atoms with Gasteiger partial charge in [-0.15, -0.1) is 0 Å². The molecular weight excluding hydrogens is 355 g/mol. The van der Waals surface area contributed by atoms with Gasteiger partial charge in [-0.3, -0.25) is 4.79 Å². The van der Waals surface area contributed by atoms with E-state index in [-0.39, 0.29) is 17.3 Å². The van der Waals surface area contributed by atoms with Crippen LogP contribution < -0.4 is 10.6 Å². The molecule has 1 amide bonds. The van der Waals surface area contributed by atoms with Gasteiger partial charge >= 0.3 is 6.18 Å². The second-order valence-electron chi connectivity index (χ2n) is 5.80. The standard InChI is InChI=1S/C20H16F3N3O/c21-20(22,23)15-7-4-8-16(11-15)26-17-9-10-18(24-13-17)19(27)25-12-14-5-2-1-3-6-14/h1-11,13,26H,12H2,(H,25,27). The number of amides is 1. The Morgan fingerprint density at radius 1 is 0.926 bits per heavy atom. The van der Waals surface area contributed by atoms with Crippen molar-refractivity contribution in [1.82, 2.24) is 10.3 Å². The lowest BCUT2D eigenvalue weighted by Crippen LogP contribution is -2.23. The number of halogens is 3. The number of aromatic nitrogens is 1. The van der Waals surface area contributed by atoms with Crippen LogP contribution in [0.25, 0.3) is 0 Å². The minimum Gasteiger partial charge on any atom is -0.354 e. The van der Waals surface area contributed by atoms with Gasteiger partial charge in [-0.1, -0.05) is 36.4 Å². The third-order valence-electron chi connectivity index (χ3n) is 3.77. The molecule has 0 aliphatic rings. The largest absolute Gasteiger partial charge is 0.416 e. The predicted octanol–water partition coefficient (Wildman–Crippen LogP) is 4.77. The molecule has 3 aromatic rings. The van der Waals surface area contributed by atoms with Crippen molar-refractivity contribution in [3.8, 4) is 0 Å². The molecule has 27 heavy (non-hydrogen) atoms. The van der Waals surface area contributed by atoms with Crippen molar-refractivity contribution in [2.75, 3.05) is 5.32 Å². The average molecular weight is 371 g/mol. The number of carbonyl (C=O) groups is 1. The van der Waals surface area contributed by atoms with Crippen LogP contribution in [0.2, 0.25) is 0 Å². The number of nitrogens with zero attached hydrogens (tertiary/aromatic N) is 1. The zero-order valence-corrected chi connectivity index (χ0v) is 14.1. The first kappa shape index (κ1) is 18.4. The van der Waals surface area contributed by atoms with E-state index in [9.17, 15) is 18.0 Å². The summed E-state index contributed by atoms with van der Waals surface area (Å²) in [5, 5.41) is 5.61. The summed E-state index contributed by atoms with van der Waals surface area (Å²) in [7, 11) is 0. The molecule has 0 aliphatic heterocycles. The maximum absolute atomic E-state index is 12.8. The molecule has 3 rings (SSSR count). The Labute approximate surface area is 154 Å². The lowest BCUT2D eigenvalue weighted by Gasteiger charge is -2.11. The Balaban J connectivity index is 1.62. The fourth-order valence-electron chi connectivity index (χ4n) is 2.41. The van der Waals surface area contributed by atoms with Gasteiger partial charge in [-0.05, 0) is 35.9 Å². The Morgan fingerprint density at radius 2 is 1.70 bits per heavy atom. The first-order valence-corrected chi connectivity index (χ1v) is 8.14. The second-order valence-corrected chi connectivity index (χ2v) is 5.80. The summed E-state index contributed by atoms with van der Waals surface area (Å²) in [6.45, 7) is 0.381. The molecule has 2 aromatic carbocycles. The molecule has 0 spiro atoms. The van der Waals surface area contributed by atoms with E-state index in [0.717, 1.165) is 17.7 Å². The molecule has 0 atom stereocenters. The highest BCUT2D eigenvalue weighted by Crippen LogP contribution is 2.31. The average Bonchev–Trinajstić information content (AvgIpc) is 2.67. The van der Waals surface area contributed by atoms with Gasteiger partial charge in [-0.25, -0.2) is 4.98 Å². The smallest absolute Gasteiger partial charge is 0.354 e. The summed E-state index contributed by atoms with van der Waals surface area (Å²) < 4.78 is 38.3. The highest BCUT2D eigenvalue weighted by molar-refractivity contribution is 5.92. The first-order chi connectivity index (χ1) is 12.9. The third-order valence-corrected chi connectivity index (χ3v) is 3.77. The Hall–Kier alpha value is -3.35. The Kier molecular flexibility index (Phi) is 5.40. The molecule has 0 radical (unpaired) electrons. The Morgan fingerprint density at radius 3 is 2.37 bits per heavy atom. The maximum atomic E-state index is 12.8. The van der Waals surface area contributed by atoms with Crippen LogP contribution in [0.4, 0.5) is 24.5 Å². The topological polar surface area (TPSA) is 54.0 Å². The van der Waals surface area contributed by atoms with E-state index in [1.807, 2.05) is 30.3 Å². The summed E-state index contributed by atoms with van der Waals surface area (Å²) in [4.78, 5) is 16.2. The van der Waals surface area contributed by atoms with E-state index in [2.05, 4.69) is 15.6 Å². The number of nitrogens with one attached hydrogen (secondary N) is 2. The molecule has 0 saturated heterocycles. The van der Waals surface area contributed by atoms with Crippen LogP contribution in [0.3, 0.4) is 0 Å². The summed E-state index contributed by atoms with van der Waals surface area (Å²) in [6, 6.07) is 17.4. The number of carbonyl (C=O) groups excluding carboxylic acids is 1. The molecule has 0 bridgehead atoms. The molecule has 4 nitrogen and oxygen atoms in total. The van der Waals surface area contributed by atoms with Gasteiger partial charge < -0.3 is 10.6 Å². The SMILES string of the molecule is O=C(NCc1ccccc1)c1ccc(Nc2cccc(C(F)(F)F)c2)cn1. The third kappa shape index (κ3) is 5.07. The molecule has 0 fully saturated rings. The van der Waals surface area contributed by atoms with Crippen molar-refractivity contribution in [3.05, 3.63) is 89.7 Å². The van der Waals surface area contributed by atoms with Gasteiger partial charge in [0.2, 0.25) is 0 Å². The highest BCUT2D eigenvalue weighted by atomic mass is 19.4. The molecule has 138 valence electrons. The van der Waals surface area contributed by atoms with Crippen molar-refractivity contribution < 1.29 is 18.0 Å². The molecule has 0 aliphatic carbocycles. The number of pyridine rings is 1. The van der Waals surface area contributed by atoms with E-state index >= 15 is 0 Å². The van der Waals surface area contributed by atoms with Crippen molar-refractivity contribution in [2.45, 2.75) is 12.7 Å². The fraction of sp³-hybridized carbons (Fsp3) is 0.100. The van der Waals surface area contributed by atoms with Crippen LogP contribution >= 0.6 is 0 Å². The lowest BCUT2D eigenvalue weighted by atomic mass is 10.2. The number of hydrogen-bond acceptors (Lipinski definition) is 3. The van der Waals surface area contributed by atoms with Crippen molar-refractivity contribution in [1.29, 1.82) is 0 Å². The maximum Gasteiger partial charge on any atom is 0.416 e. The number of alkyl halides is 3. The van der Waals surface area contributed by atoms with Gasteiger partial charge in [0.15, 0.2) is 0 Å². The predicted molar refractivity (Wildman–Crippen MR) is 96.6 cm³/mol. The minimum absolute atomic E-state index is 0.223. The van der Waals surface area contributed by atoms with Crippen molar-refractivity contribution >= 4 is 17.3 Å². The Bertz CT molecular complexity index is 910. The summed E-state index contributed by atoms with van der Waals surface area (Å²) >= 11 is 0. The normalized spacial score (nSPS) is 11.1. The molecule has 1 heterocycles. The van der Waals surface area contributed by atoms with Gasteiger partial charge in [0, 0.05) is 12.2 Å². The zero-order valence-electron chi connectivity index (χ0n) is 14.1. The number of anilines is 2. The van der Waals surface area contributed by atoms with E-state index in [1.54, 1.807) is 6.07 Å². The number of hydrogen-bond donors (Lipinski definition) is 2. The summed E-state index contributed by atoms with van der Waals surface area (Å²) in [5.41, 5.74) is 1.22. The first-order valence-electron chi connectivity index (χ1n) is 8.14. The minimum atomic E-state index is -4.41. The molecule has 2 N–H and O–H groups in total. The van der Waals surface area contributed by atoms with E-state index in [1.165, 1.54) is 24.4 Å². The quantitative estimate of drug-likeness (QED) is 0.679. The molecule has 0 saturated carbocycles. The molecular formula is C20H16F3N3O. The summed E-state index contributed by atoms with van der Waals surface area (Å²) in [6.07, 6.45) is -3.01. The van der Waals surface area contributed by atoms with E-state index in [0.29, 0.717) is 12.2 Å². The van der Waals surface area contributed by atoms with Gasteiger partial charge in [0.1, 0.15) is 5.69 Å².